The van der Waals surface area contributed by atoms with Gasteiger partial charge in [0.1, 0.15) is 0 Å². The van der Waals surface area contributed by atoms with Gasteiger partial charge in [-0.3, -0.25) is 4.98 Å². The Hall–Kier alpha value is -3.23. The molecule has 0 saturated carbocycles. The second kappa shape index (κ2) is 9.10. The molecule has 0 spiro atoms. The average Bonchev–Trinajstić information content (AvgIpc) is 3.27. The normalized spacial score (nSPS) is 18.1. The van der Waals surface area contributed by atoms with Gasteiger partial charge in [-0.05, 0) is 68.4 Å². The number of nitrogens with one attached hydrogen (secondary N) is 1. The Labute approximate surface area is 192 Å². The van der Waals surface area contributed by atoms with Gasteiger partial charge >= 0.3 is 5.97 Å². The van der Waals surface area contributed by atoms with E-state index in [0.29, 0.717) is 23.8 Å². The van der Waals surface area contributed by atoms with Crippen molar-refractivity contribution in [1.82, 2.24) is 19.8 Å². The van der Waals surface area contributed by atoms with E-state index in [1.54, 1.807) is 18.3 Å². The fourth-order valence-corrected chi connectivity index (χ4v) is 4.86. The fourth-order valence-electron chi connectivity index (χ4n) is 4.53. The first-order valence-electron chi connectivity index (χ1n) is 10.5. The van der Waals surface area contributed by atoms with Crippen molar-refractivity contribution in [3.63, 3.8) is 0 Å². The lowest BCUT2D eigenvalue weighted by molar-refractivity contribution is 0.0697. The lowest BCUT2D eigenvalue weighted by Crippen LogP contribution is -2.31. The van der Waals surface area contributed by atoms with E-state index in [9.17, 15) is 15.0 Å². The molecule has 0 radical (unpaired) electrons. The third kappa shape index (κ3) is 3.87. The number of nitrogens with zero attached hydrogens (tertiary/aromatic N) is 3. The van der Waals surface area contributed by atoms with Gasteiger partial charge in [-0.15, -0.1) is 0 Å². The Morgan fingerprint density at radius 1 is 1.19 bits per heavy atom. The lowest BCUT2D eigenvalue weighted by Gasteiger charge is -2.28. The Morgan fingerprint density at radius 3 is 2.62 bits per heavy atom. The number of aliphatic hydroxyl groups excluding tert-OH is 1. The van der Waals surface area contributed by atoms with Gasteiger partial charge in [0.05, 0.1) is 29.0 Å². The molecular weight excluding hydrogens is 424 g/mol. The molecule has 1 saturated heterocycles. The first-order chi connectivity index (χ1) is 15.4. The molecule has 0 bridgehead atoms. The number of carboxylic acids is 1. The molecule has 2 atom stereocenters. The quantitative estimate of drug-likeness (QED) is 0.474. The molecule has 0 amide bonds. The van der Waals surface area contributed by atoms with Crippen molar-refractivity contribution in [1.29, 1.82) is 0 Å². The average molecular weight is 451 g/mol. The fraction of sp³-hybridized carbons (Fsp3) is 0.292. The van der Waals surface area contributed by atoms with Gasteiger partial charge in [0.2, 0.25) is 0 Å². The summed E-state index contributed by atoms with van der Waals surface area (Å²) in [4.78, 5) is 18.5. The Balaban J connectivity index is 1.85. The van der Waals surface area contributed by atoms with Gasteiger partial charge in [0.25, 0.3) is 0 Å². The highest BCUT2D eigenvalue weighted by Gasteiger charge is 2.41. The molecule has 0 aliphatic carbocycles. The minimum atomic E-state index is -0.964. The van der Waals surface area contributed by atoms with Gasteiger partial charge < -0.3 is 25.0 Å². The highest BCUT2D eigenvalue weighted by molar-refractivity contribution is 7.80. The van der Waals surface area contributed by atoms with E-state index in [1.165, 1.54) is 0 Å². The number of benzene rings is 1. The molecule has 3 N–H and O–H groups in total. The molecule has 2 aromatic heterocycles. The van der Waals surface area contributed by atoms with Gasteiger partial charge in [-0.2, -0.15) is 0 Å². The van der Waals surface area contributed by atoms with Crippen molar-refractivity contribution in [3.05, 3.63) is 82.9 Å². The summed E-state index contributed by atoms with van der Waals surface area (Å²) in [5.41, 5.74) is 4.68. The van der Waals surface area contributed by atoms with Crippen molar-refractivity contribution < 1.29 is 15.0 Å². The topological polar surface area (TPSA) is 90.6 Å². The molecule has 4 rings (SSSR count). The van der Waals surface area contributed by atoms with E-state index in [0.717, 1.165) is 22.6 Å². The van der Waals surface area contributed by atoms with Crippen LogP contribution in [-0.2, 0) is 0 Å². The van der Waals surface area contributed by atoms with E-state index < -0.39 is 5.97 Å². The van der Waals surface area contributed by atoms with Crippen LogP contribution in [-0.4, -0.2) is 48.9 Å². The summed E-state index contributed by atoms with van der Waals surface area (Å²) in [5.74, 6) is -0.964. The molecule has 1 aliphatic heterocycles. The number of aliphatic hydroxyl groups is 1. The Bertz CT molecular complexity index is 1150. The lowest BCUT2D eigenvalue weighted by atomic mass is 9.96. The summed E-state index contributed by atoms with van der Waals surface area (Å²) in [5, 5.41) is 23.2. The Morgan fingerprint density at radius 2 is 1.94 bits per heavy atom. The van der Waals surface area contributed by atoms with Crippen LogP contribution in [0.5, 0.6) is 0 Å². The monoisotopic (exact) mass is 450 g/mol. The molecule has 2 unspecified atom stereocenters. The molecule has 32 heavy (non-hydrogen) atoms. The van der Waals surface area contributed by atoms with Crippen molar-refractivity contribution in [2.75, 3.05) is 13.2 Å². The SMILES string of the molecule is Cc1cc(C2C(c3ccccn3)NC(=S)N2CCCO)c(C)n1-c1ccccc1C(=O)O. The number of carboxylic acid groups (broad SMARTS) is 1. The Kier molecular flexibility index (Phi) is 6.25. The summed E-state index contributed by atoms with van der Waals surface area (Å²) in [7, 11) is 0. The number of rotatable bonds is 7. The predicted molar refractivity (Wildman–Crippen MR) is 126 cm³/mol. The molecule has 1 aromatic carbocycles. The number of hydrogen-bond acceptors (Lipinski definition) is 4. The third-order valence-corrected chi connectivity index (χ3v) is 6.27. The first kappa shape index (κ1) is 22.0. The van der Waals surface area contributed by atoms with Crippen LogP contribution in [0.2, 0.25) is 0 Å². The maximum Gasteiger partial charge on any atom is 0.337 e. The van der Waals surface area contributed by atoms with Crippen LogP contribution >= 0.6 is 12.2 Å². The second-order valence-electron chi connectivity index (χ2n) is 7.88. The highest BCUT2D eigenvalue weighted by atomic mass is 32.1. The molecule has 7 nitrogen and oxygen atoms in total. The minimum Gasteiger partial charge on any atom is -0.478 e. The maximum atomic E-state index is 11.9. The summed E-state index contributed by atoms with van der Waals surface area (Å²) < 4.78 is 1.99. The molecule has 8 heteroatoms. The van der Waals surface area contributed by atoms with Gasteiger partial charge in [-0.1, -0.05) is 18.2 Å². The molecule has 3 heterocycles. The largest absolute Gasteiger partial charge is 0.478 e. The van der Waals surface area contributed by atoms with Crippen LogP contribution in [0.4, 0.5) is 0 Å². The van der Waals surface area contributed by atoms with Gasteiger partial charge in [-0.25, -0.2) is 4.79 Å². The minimum absolute atomic E-state index is 0.0745. The van der Waals surface area contributed by atoms with E-state index in [-0.39, 0.29) is 24.3 Å². The van der Waals surface area contributed by atoms with E-state index in [1.807, 2.05) is 48.7 Å². The third-order valence-electron chi connectivity index (χ3n) is 5.92. The van der Waals surface area contributed by atoms with Crippen molar-refractivity contribution >= 4 is 23.3 Å². The zero-order valence-corrected chi connectivity index (χ0v) is 18.8. The van der Waals surface area contributed by atoms with Gasteiger partial charge in [0, 0.05) is 30.7 Å². The maximum absolute atomic E-state index is 11.9. The van der Waals surface area contributed by atoms with Crippen LogP contribution in [0.3, 0.4) is 0 Å². The summed E-state index contributed by atoms with van der Waals surface area (Å²) >= 11 is 5.66. The highest BCUT2D eigenvalue weighted by Crippen LogP contribution is 2.41. The van der Waals surface area contributed by atoms with Crippen LogP contribution in [0.1, 0.15) is 51.5 Å². The number of aromatic nitrogens is 2. The van der Waals surface area contributed by atoms with Crippen molar-refractivity contribution in [2.24, 2.45) is 0 Å². The number of carbonyl (C=O) groups is 1. The van der Waals surface area contributed by atoms with Crippen molar-refractivity contribution in [3.8, 4) is 5.69 Å². The van der Waals surface area contributed by atoms with Gasteiger partial charge in [0.15, 0.2) is 5.11 Å². The van der Waals surface area contributed by atoms with Crippen LogP contribution in [0.25, 0.3) is 5.69 Å². The summed E-state index contributed by atoms with van der Waals surface area (Å²) in [6.07, 6.45) is 2.35. The van der Waals surface area contributed by atoms with E-state index >= 15 is 0 Å². The van der Waals surface area contributed by atoms with Crippen molar-refractivity contribution in [2.45, 2.75) is 32.4 Å². The molecule has 3 aromatic rings. The van der Waals surface area contributed by atoms with Crippen LogP contribution in [0.15, 0.2) is 54.7 Å². The molecular formula is C24H26N4O3S. The predicted octanol–water partition coefficient (Wildman–Crippen LogP) is 3.54. The first-order valence-corrected chi connectivity index (χ1v) is 10.9. The smallest absolute Gasteiger partial charge is 0.337 e. The van der Waals surface area contributed by atoms with E-state index in [4.69, 9.17) is 12.2 Å². The summed E-state index contributed by atoms with van der Waals surface area (Å²) in [6, 6.07) is 14.6. The summed E-state index contributed by atoms with van der Waals surface area (Å²) in [6.45, 7) is 4.66. The number of para-hydroxylation sites is 1. The standard InChI is InChI=1S/C24H26N4O3S/c1-15-14-18(16(2)28(15)20-10-4-3-8-17(20)23(30)31)22-21(19-9-5-6-11-25-19)26-24(32)27(22)12-7-13-29/h3-6,8-11,14,21-22,29H,7,12-13H2,1-2H3,(H,26,32)(H,30,31). The number of aromatic carboxylic acids is 1. The zero-order chi connectivity index (χ0) is 22.8. The number of thiocarbonyl (C=S) groups is 1. The van der Waals surface area contributed by atoms with Crippen LogP contribution in [0, 0.1) is 13.8 Å². The molecule has 1 fully saturated rings. The second-order valence-corrected chi connectivity index (χ2v) is 8.27. The van der Waals surface area contributed by atoms with Crippen LogP contribution < -0.4 is 5.32 Å². The molecule has 166 valence electrons. The number of aryl methyl sites for hydroxylation is 1. The zero-order valence-electron chi connectivity index (χ0n) is 18.0. The molecule has 1 aliphatic rings. The number of pyridine rings is 1. The number of hydrogen-bond donors (Lipinski definition) is 3. The van der Waals surface area contributed by atoms with E-state index in [2.05, 4.69) is 21.3 Å².